The van der Waals surface area contributed by atoms with Crippen LogP contribution in [-0.2, 0) is 0 Å². The normalized spacial score (nSPS) is 11.5. The zero-order valence-electron chi connectivity index (χ0n) is 12.9. The summed E-state index contributed by atoms with van der Waals surface area (Å²) in [6, 6.07) is 8.45. The van der Waals surface area contributed by atoms with Crippen molar-refractivity contribution in [2.45, 2.75) is 33.6 Å². The highest BCUT2D eigenvalue weighted by Gasteiger charge is 2.18. The molecule has 2 heterocycles. The molecule has 2 aromatic heterocycles. The fourth-order valence-electron chi connectivity index (χ4n) is 2.90. The van der Waals surface area contributed by atoms with Crippen LogP contribution in [-0.4, -0.2) is 14.5 Å². The molecule has 0 saturated heterocycles. The lowest BCUT2D eigenvalue weighted by Crippen LogP contribution is -2.04. The van der Waals surface area contributed by atoms with E-state index in [1.165, 1.54) is 17.6 Å². The third-order valence-electron chi connectivity index (χ3n) is 4.12. The minimum Gasteiger partial charge on any atom is -0.383 e. The number of para-hydroxylation sites is 1. The lowest BCUT2D eigenvalue weighted by Gasteiger charge is -2.16. The average molecular weight is 280 g/mol. The molecule has 0 aliphatic heterocycles. The quantitative estimate of drug-likeness (QED) is 0.778. The van der Waals surface area contributed by atoms with Crippen LogP contribution in [0, 0.1) is 13.8 Å². The van der Waals surface area contributed by atoms with Crippen LogP contribution < -0.4 is 5.73 Å². The number of anilines is 1. The van der Waals surface area contributed by atoms with Crippen molar-refractivity contribution in [1.29, 1.82) is 0 Å². The molecule has 0 spiro atoms. The van der Waals surface area contributed by atoms with Crippen LogP contribution >= 0.6 is 0 Å². The van der Waals surface area contributed by atoms with Crippen molar-refractivity contribution in [2.75, 3.05) is 5.73 Å². The first kappa shape index (κ1) is 13.6. The summed E-state index contributed by atoms with van der Waals surface area (Å²) < 4.78 is 2.19. The number of benzene rings is 1. The van der Waals surface area contributed by atoms with Crippen molar-refractivity contribution < 1.29 is 0 Å². The highest BCUT2D eigenvalue weighted by molar-refractivity contribution is 5.92. The maximum absolute atomic E-state index is 6.05. The summed E-state index contributed by atoms with van der Waals surface area (Å²) in [6.07, 6.45) is 1.53. The summed E-state index contributed by atoms with van der Waals surface area (Å²) >= 11 is 0. The van der Waals surface area contributed by atoms with Crippen LogP contribution in [0.25, 0.3) is 16.7 Å². The predicted octanol–water partition coefficient (Wildman–Crippen LogP) is 3.74. The van der Waals surface area contributed by atoms with Crippen LogP contribution in [0.4, 0.5) is 5.82 Å². The summed E-state index contributed by atoms with van der Waals surface area (Å²) in [7, 11) is 0. The number of aromatic nitrogens is 3. The van der Waals surface area contributed by atoms with Gasteiger partial charge in [-0.3, -0.25) is 4.57 Å². The first-order valence-electron chi connectivity index (χ1n) is 7.19. The number of hydrogen-bond acceptors (Lipinski definition) is 3. The van der Waals surface area contributed by atoms with Gasteiger partial charge in [-0.15, -0.1) is 0 Å². The summed E-state index contributed by atoms with van der Waals surface area (Å²) in [4.78, 5) is 8.60. The number of rotatable bonds is 2. The maximum atomic E-state index is 6.05. The fourth-order valence-corrected chi connectivity index (χ4v) is 2.90. The van der Waals surface area contributed by atoms with Gasteiger partial charge in [0.2, 0.25) is 0 Å². The molecular formula is C17H20N4. The molecule has 1 aromatic carbocycles. The summed E-state index contributed by atoms with van der Waals surface area (Å²) in [5, 5.41) is 0.952. The minimum absolute atomic E-state index is 0.442. The topological polar surface area (TPSA) is 56.7 Å². The van der Waals surface area contributed by atoms with Gasteiger partial charge in [0.25, 0.3) is 0 Å². The smallest absolute Gasteiger partial charge is 0.150 e. The molecule has 108 valence electrons. The van der Waals surface area contributed by atoms with E-state index >= 15 is 0 Å². The molecule has 0 atom stereocenters. The van der Waals surface area contributed by atoms with Gasteiger partial charge in [-0.2, -0.15) is 0 Å². The van der Waals surface area contributed by atoms with Crippen LogP contribution in [0.15, 0.2) is 30.6 Å². The Balaban J connectivity index is 2.42. The van der Waals surface area contributed by atoms with E-state index in [1.54, 1.807) is 0 Å². The molecular weight excluding hydrogens is 260 g/mol. The van der Waals surface area contributed by atoms with E-state index < -0.39 is 0 Å². The van der Waals surface area contributed by atoms with Gasteiger partial charge in [0.1, 0.15) is 12.1 Å². The third-order valence-corrected chi connectivity index (χ3v) is 4.12. The second-order valence-corrected chi connectivity index (χ2v) is 5.72. The number of nitrogens with zero attached hydrogens (tertiary/aromatic N) is 3. The lowest BCUT2D eigenvalue weighted by molar-refractivity contribution is 0.844. The summed E-state index contributed by atoms with van der Waals surface area (Å²) in [5.74, 6) is 0.985. The van der Waals surface area contributed by atoms with E-state index in [9.17, 15) is 0 Å². The van der Waals surface area contributed by atoms with Gasteiger partial charge < -0.3 is 5.73 Å². The van der Waals surface area contributed by atoms with Gasteiger partial charge in [0, 0.05) is 5.69 Å². The standard InChI is InChI=1S/C17H20N4/c1-10(2)13-7-5-6-8-14(13)21-12(4)11(3)15-16(18)19-9-20-17(15)21/h5-10H,1-4H3,(H2,18,19,20). The molecule has 4 nitrogen and oxygen atoms in total. The van der Waals surface area contributed by atoms with E-state index in [-0.39, 0.29) is 0 Å². The molecule has 3 rings (SSSR count). The molecule has 0 amide bonds. The van der Waals surface area contributed by atoms with Crippen molar-refractivity contribution in [1.82, 2.24) is 14.5 Å². The highest BCUT2D eigenvalue weighted by atomic mass is 15.1. The highest BCUT2D eigenvalue weighted by Crippen LogP contribution is 2.32. The van der Waals surface area contributed by atoms with Gasteiger partial charge in [-0.25, -0.2) is 9.97 Å². The van der Waals surface area contributed by atoms with E-state index in [2.05, 4.69) is 66.5 Å². The van der Waals surface area contributed by atoms with Gasteiger partial charge in [-0.1, -0.05) is 32.0 Å². The Kier molecular flexibility index (Phi) is 3.16. The van der Waals surface area contributed by atoms with Crippen molar-refractivity contribution in [3.8, 4) is 5.69 Å². The molecule has 4 heteroatoms. The first-order valence-corrected chi connectivity index (χ1v) is 7.19. The van der Waals surface area contributed by atoms with Gasteiger partial charge in [0.05, 0.1) is 11.1 Å². The Bertz CT molecular complexity index is 815. The molecule has 3 aromatic rings. The van der Waals surface area contributed by atoms with E-state index in [0.29, 0.717) is 11.7 Å². The zero-order chi connectivity index (χ0) is 15.1. The summed E-state index contributed by atoms with van der Waals surface area (Å²) in [6.45, 7) is 8.59. The van der Waals surface area contributed by atoms with Crippen molar-refractivity contribution in [3.05, 3.63) is 47.4 Å². The zero-order valence-corrected chi connectivity index (χ0v) is 12.9. The number of hydrogen-bond donors (Lipinski definition) is 1. The van der Waals surface area contributed by atoms with Gasteiger partial charge in [-0.05, 0) is 37.0 Å². The van der Waals surface area contributed by atoms with E-state index in [4.69, 9.17) is 5.73 Å². The fraction of sp³-hybridized carbons (Fsp3) is 0.294. The second-order valence-electron chi connectivity index (χ2n) is 5.72. The Labute approximate surface area is 124 Å². The number of nitrogen functional groups attached to an aromatic ring is 1. The van der Waals surface area contributed by atoms with E-state index in [1.807, 2.05) is 0 Å². The largest absolute Gasteiger partial charge is 0.383 e. The maximum Gasteiger partial charge on any atom is 0.150 e. The predicted molar refractivity (Wildman–Crippen MR) is 86.8 cm³/mol. The van der Waals surface area contributed by atoms with Gasteiger partial charge in [0.15, 0.2) is 5.65 Å². The molecule has 0 bridgehead atoms. The lowest BCUT2D eigenvalue weighted by atomic mass is 10.0. The van der Waals surface area contributed by atoms with Crippen molar-refractivity contribution in [2.24, 2.45) is 0 Å². The van der Waals surface area contributed by atoms with Crippen molar-refractivity contribution >= 4 is 16.9 Å². The molecule has 0 unspecified atom stereocenters. The SMILES string of the molecule is Cc1c(C)n(-c2ccccc2C(C)C)c2ncnc(N)c12. The molecule has 0 aliphatic rings. The average Bonchev–Trinajstić information content (AvgIpc) is 2.72. The Morgan fingerprint density at radius 3 is 2.52 bits per heavy atom. The number of fused-ring (bicyclic) bond motifs is 1. The Hall–Kier alpha value is -2.36. The molecule has 0 saturated carbocycles. The molecule has 2 N–H and O–H groups in total. The van der Waals surface area contributed by atoms with Crippen molar-refractivity contribution in [3.63, 3.8) is 0 Å². The Morgan fingerprint density at radius 2 is 1.81 bits per heavy atom. The van der Waals surface area contributed by atoms with E-state index in [0.717, 1.165) is 22.3 Å². The molecule has 0 radical (unpaired) electrons. The van der Waals surface area contributed by atoms with Crippen LogP contribution in [0.5, 0.6) is 0 Å². The number of nitrogens with two attached hydrogens (primary N) is 1. The third kappa shape index (κ3) is 1.98. The minimum atomic E-state index is 0.442. The number of aryl methyl sites for hydroxylation is 1. The molecule has 21 heavy (non-hydrogen) atoms. The van der Waals surface area contributed by atoms with Crippen LogP contribution in [0.3, 0.4) is 0 Å². The van der Waals surface area contributed by atoms with Crippen LogP contribution in [0.1, 0.15) is 36.6 Å². The van der Waals surface area contributed by atoms with Gasteiger partial charge >= 0.3 is 0 Å². The molecule has 0 aliphatic carbocycles. The summed E-state index contributed by atoms with van der Waals surface area (Å²) in [5.41, 5.74) is 11.7. The monoisotopic (exact) mass is 280 g/mol. The second kappa shape index (κ2) is 4.88. The van der Waals surface area contributed by atoms with Crippen LogP contribution in [0.2, 0.25) is 0 Å². The first-order chi connectivity index (χ1) is 10.0. The Morgan fingerprint density at radius 1 is 1.10 bits per heavy atom. The molecule has 0 fully saturated rings.